The topological polar surface area (TPSA) is 65.6 Å². The van der Waals surface area contributed by atoms with Crippen molar-refractivity contribution >= 4 is 6.08 Å². The number of nitrogens with zero attached hydrogens (tertiary/aromatic N) is 1. The normalized spacial score (nSPS) is 11.3. The maximum atomic E-state index is 9.36. The molecule has 0 amide bonds. The Kier molecular flexibility index (Phi) is 4.76. The molecule has 0 unspecified atom stereocenters. The Bertz CT molecular complexity index is 355. The second-order valence-electron chi connectivity index (χ2n) is 3.84. The van der Waals surface area contributed by atoms with Crippen molar-refractivity contribution in [3.63, 3.8) is 0 Å². The number of rotatable bonds is 6. The van der Waals surface area contributed by atoms with Crippen LogP contribution in [0.4, 0.5) is 0 Å². The lowest BCUT2D eigenvalue weighted by atomic mass is 10.1. The summed E-state index contributed by atoms with van der Waals surface area (Å²) in [6.45, 7) is 2.17. The Labute approximate surface area is 95.4 Å². The first-order valence-corrected chi connectivity index (χ1v) is 5.66. The molecule has 0 fully saturated rings. The van der Waals surface area contributed by atoms with Crippen LogP contribution in [0, 0.1) is 0 Å². The van der Waals surface area contributed by atoms with E-state index in [0.29, 0.717) is 10.3 Å². The van der Waals surface area contributed by atoms with Crippen molar-refractivity contribution in [2.24, 2.45) is 0 Å². The first-order chi connectivity index (χ1) is 7.66. The zero-order valence-corrected chi connectivity index (χ0v) is 9.56. The Hall–Kier alpha value is -1.58. The molecule has 0 aliphatic heterocycles. The molecule has 1 aromatic rings. The molecule has 0 radical (unpaired) electrons. The van der Waals surface area contributed by atoms with E-state index in [2.05, 4.69) is 6.92 Å². The fourth-order valence-corrected chi connectivity index (χ4v) is 1.52. The van der Waals surface area contributed by atoms with Crippen LogP contribution in [-0.4, -0.2) is 20.2 Å². The van der Waals surface area contributed by atoms with E-state index in [0.717, 1.165) is 12.8 Å². The molecule has 0 aliphatic carbocycles. The van der Waals surface area contributed by atoms with Gasteiger partial charge in [-0.2, -0.15) is 0 Å². The molecule has 0 bridgehead atoms. The lowest BCUT2D eigenvalue weighted by molar-refractivity contribution is 0.130. The summed E-state index contributed by atoms with van der Waals surface area (Å²) in [5, 5.41) is 27.6. The first-order valence-electron chi connectivity index (χ1n) is 5.66. The molecule has 0 aromatic carbocycles. The van der Waals surface area contributed by atoms with E-state index in [1.165, 1.54) is 25.3 Å². The van der Waals surface area contributed by atoms with Crippen molar-refractivity contribution in [2.75, 3.05) is 0 Å². The number of aromatic hydroxyl groups is 2. The second-order valence-corrected chi connectivity index (χ2v) is 3.84. The molecular formula is C12H19NO3. The van der Waals surface area contributed by atoms with Crippen LogP contribution in [0.25, 0.3) is 6.08 Å². The largest absolute Gasteiger partial charge is 0.492 e. The molecule has 1 aromatic heterocycles. The van der Waals surface area contributed by atoms with Gasteiger partial charge in [0.15, 0.2) is 0 Å². The van der Waals surface area contributed by atoms with Crippen molar-refractivity contribution in [3.8, 4) is 11.8 Å². The highest BCUT2D eigenvalue weighted by atomic mass is 16.5. The van der Waals surface area contributed by atoms with Gasteiger partial charge in [0.2, 0.25) is 11.8 Å². The molecule has 3 N–H and O–H groups in total. The molecule has 0 spiro atoms. The highest BCUT2D eigenvalue weighted by Crippen LogP contribution is 2.26. The predicted octanol–water partition coefficient (Wildman–Crippen LogP) is 3.12. The van der Waals surface area contributed by atoms with Gasteiger partial charge in [-0.05, 0) is 12.8 Å². The SMILES string of the molecule is CCCCCCC=Cc1cc(O)n(O)c1O. The molecule has 16 heavy (non-hydrogen) atoms. The number of hydrogen-bond donors (Lipinski definition) is 3. The third kappa shape index (κ3) is 3.22. The third-order valence-electron chi connectivity index (χ3n) is 2.48. The summed E-state index contributed by atoms with van der Waals surface area (Å²) in [5.41, 5.74) is 0.426. The molecule has 4 heteroatoms. The van der Waals surface area contributed by atoms with Crippen LogP contribution in [0.15, 0.2) is 12.1 Å². The predicted molar refractivity (Wildman–Crippen MR) is 62.7 cm³/mol. The van der Waals surface area contributed by atoms with Gasteiger partial charge in [0.25, 0.3) is 0 Å². The molecule has 1 heterocycles. The van der Waals surface area contributed by atoms with Gasteiger partial charge < -0.3 is 15.4 Å². The minimum absolute atomic E-state index is 0.331. The van der Waals surface area contributed by atoms with Gasteiger partial charge in [0.05, 0.1) is 0 Å². The zero-order valence-electron chi connectivity index (χ0n) is 9.56. The van der Waals surface area contributed by atoms with Crippen LogP contribution in [0.3, 0.4) is 0 Å². The maximum absolute atomic E-state index is 9.36. The quantitative estimate of drug-likeness (QED) is 0.514. The Morgan fingerprint density at radius 3 is 2.56 bits per heavy atom. The molecule has 4 nitrogen and oxygen atoms in total. The van der Waals surface area contributed by atoms with Crippen molar-refractivity contribution in [1.29, 1.82) is 0 Å². The van der Waals surface area contributed by atoms with Gasteiger partial charge in [0.1, 0.15) is 0 Å². The van der Waals surface area contributed by atoms with E-state index in [9.17, 15) is 5.11 Å². The van der Waals surface area contributed by atoms with E-state index >= 15 is 0 Å². The van der Waals surface area contributed by atoms with E-state index in [-0.39, 0.29) is 11.8 Å². The average Bonchev–Trinajstić information content (AvgIpc) is 2.51. The monoisotopic (exact) mass is 225 g/mol. The van der Waals surface area contributed by atoms with Crippen molar-refractivity contribution in [1.82, 2.24) is 4.73 Å². The summed E-state index contributed by atoms with van der Waals surface area (Å²) >= 11 is 0. The zero-order chi connectivity index (χ0) is 12.0. The molecule has 0 saturated heterocycles. The van der Waals surface area contributed by atoms with Crippen LogP contribution in [0.2, 0.25) is 0 Å². The Morgan fingerprint density at radius 1 is 1.25 bits per heavy atom. The number of aromatic nitrogens is 1. The summed E-state index contributed by atoms with van der Waals surface area (Å²) in [6.07, 6.45) is 9.36. The fourth-order valence-electron chi connectivity index (χ4n) is 1.52. The second kappa shape index (κ2) is 6.10. The van der Waals surface area contributed by atoms with Gasteiger partial charge in [-0.15, -0.1) is 4.73 Å². The molecule has 1 rings (SSSR count). The van der Waals surface area contributed by atoms with Crippen LogP contribution < -0.4 is 0 Å². The van der Waals surface area contributed by atoms with Gasteiger partial charge >= 0.3 is 0 Å². The lowest BCUT2D eigenvalue weighted by Crippen LogP contribution is -1.86. The van der Waals surface area contributed by atoms with Gasteiger partial charge in [-0.1, -0.05) is 38.3 Å². The van der Waals surface area contributed by atoms with Crippen LogP contribution in [-0.2, 0) is 0 Å². The van der Waals surface area contributed by atoms with Gasteiger partial charge in [-0.25, -0.2) is 0 Å². The molecule has 0 saturated carbocycles. The minimum atomic E-state index is -0.358. The number of hydrogen-bond acceptors (Lipinski definition) is 3. The Balaban J connectivity index is 2.41. The average molecular weight is 225 g/mol. The minimum Gasteiger partial charge on any atom is -0.492 e. The van der Waals surface area contributed by atoms with Crippen molar-refractivity contribution in [2.45, 2.75) is 39.0 Å². The Morgan fingerprint density at radius 2 is 2.00 bits per heavy atom. The molecular weight excluding hydrogens is 206 g/mol. The molecule has 0 aliphatic rings. The van der Waals surface area contributed by atoms with Gasteiger partial charge in [-0.3, -0.25) is 0 Å². The number of unbranched alkanes of at least 4 members (excludes halogenated alkanes) is 4. The van der Waals surface area contributed by atoms with Crippen LogP contribution in [0.5, 0.6) is 11.8 Å². The smallest absolute Gasteiger partial charge is 0.236 e. The van der Waals surface area contributed by atoms with E-state index in [4.69, 9.17) is 10.3 Å². The molecule has 0 atom stereocenters. The van der Waals surface area contributed by atoms with Crippen molar-refractivity contribution in [3.05, 3.63) is 17.7 Å². The summed E-state index contributed by atoms with van der Waals surface area (Å²) in [4.78, 5) is 0. The first kappa shape index (κ1) is 12.5. The third-order valence-corrected chi connectivity index (χ3v) is 2.48. The lowest BCUT2D eigenvalue weighted by Gasteiger charge is -1.95. The maximum Gasteiger partial charge on any atom is 0.236 e. The summed E-state index contributed by atoms with van der Waals surface area (Å²) < 4.78 is 0.358. The van der Waals surface area contributed by atoms with E-state index < -0.39 is 0 Å². The van der Waals surface area contributed by atoms with Crippen LogP contribution >= 0.6 is 0 Å². The summed E-state index contributed by atoms with van der Waals surface area (Å²) in [7, 11) is 0. The molecule has 90 valence electrons. The van der Waals surface area contributed by atoms with E-state index in [1.54, 1.807) is 6.08 Å². The summed E-state index contributed by atoms with van der Waals surface area (Å²) in [5.74, 6) is -0.689. The van der Waals surface area contributed by atoms with Crippen LogP contribution in [0.1, 0.15) is 44.6 Å². The highest BCUT2D eigenvalue weighted by molar-refractivity contribution is 5.57. The standard InChI is InChI=1S/C12H19NO3/c1-2-3-4-5-6-7-8-10-9-11(14)13(16)12(10)15/h7-9,14-16H,2-6H2,1H3. The van der Waals surface area contributed by atoms with E-state index in [1.807, 2.05) is 6.08 Å². The fraction of sp³-hybridized carbons (Fsp3) is 0.500. The highest BCUT2D eigenvalue weighted by Gasteiger charge is 2.09. The summed E-state index contributed by atoms with van der Waals surface area (Å²) in [6, 6.07) is 1.32. The van der Waals surface area contributed by atoms with Gasteiger partial charge in [0, 0.05) is 11.6 Å². The number of allylic oxidation sites excluding steroid dienone is 1. The van der Waals surface area contributed by atoms with Crippen molar-refractivity contribution < 1.29 is 15.4 Å².